The summed E-state index contributed by atoms with van der Waals surface area (Å²) in [6, 6.07) is 5.82. The Kier molecular flexibility index (Phi) is 3.64. The summed E-state index contributed by atoms with van der Waals surface area (Å²) in [5, 5.41) is -0.461. The molecule has 2 nitrogen and oxygen atoms in total. The predicted octanol–water partition coefficient (Wildman–Crippen LogP) is 4.49. The van der Waals surface area contributed by atoms with Crippen LogP contribution in [0.4, 0.5) is 18.0 Å². The van der Waals surface area contributed by atoms with Crippen molar-refractivity contribution in [3.63, 3.8) is 0 Å². The number of likely N-dealkylation sites (tertiary alicyclic amines) is 1. The summed E-state index contributed by atoms with van der Waals surface area (Å²) >= 11 is 5.47. The molecule has 21 heavy (non-hydrogen) atoms. The smallest absolute Gasteiger partial charge is 0.329 e. The molecule has 0 spiro atoms. The summed E-state index contributed by atoms with van der Waals surface area (Å²) in [6.07, 6.45) is -2.93. The minimum Gasteiger partial charge on any atom is -0.329 e. The standard InChI is InChI=1S/C15H15ClF3NO/c16-14(21)20-7-10-5-9(6-11(10)8-20)12-3-1-2-4-13(12)15(17,18)19/h1-4,9-11H,5-8H2/t9?,10-,11+. The van der Waals surface area contributed by atoms with E-state index in [1.54, 1.807) is 17.0 Å². The quantitative estimate of drug-likeness (QED) is 0.552. The molecular formula is C15H15ClF3NO. The van der Waals surface area contributed by atoms with Gasteiger partial charge in [-0.05, 0) is 53.8 Å². The van der Waals surface area contributed by atoms with Gasteiger partial charge in [-0.15, -0.1) is 0 Å². The number of benzene rings is 1. The molecule has 0 radical (unpaired) electrons. The van der Waals surface area contributed by atoms with Crippen molar-refractivity contribution in [1.82, 2.24) is 4.90 Å². The van der Waals surface area contributed by atoms with Gasteiger partial charge in [-0.25, -0.2) is 0 Å². The van der Waals surface area contributed by atoms with Crippen molar-refractivity contribution in [3.05, 3.63) is 35.4 Å². The van der Waals surface area contributed by atoms with Crippen LogP contribution in [0.15, 0.2) is 24.3 Å². The normalized spacial score (nSPS) is 28.8. The van der Waals surface area contributed by atoms with E-state index >= 15 is 0 Å². The molecule has 2 aliphatic rings. The summed E-state index contributed by atoms with van der Waals surface area (Å²) in [7, 11) is 0. The molecule has 114 valence electrons. The molecule has 1 unspecified atom stereocenters. The minimum atomic E-state index is -4.31. The van der Waals surface area contributed by atoms with E-state index in [2.05, 4.69) is 0 Å². The Morgan fingerprint density at radius 2 is 1.71 bits per heavy atom. The van der Waals surface area contributed by atoms with E-state index in [1.807, 2.05) is 0 Å². The third kappa shape index (κ3) is 2.76. The number of hydrogen-bond donors (Lipinski definition) is 0. The highest BCUT2D eigenvalue weighted by Crippen LogP contribution is 2.48. The van der Waals surface area contributed by atoms with Gasteiger partial charge in [0.15, 0.2) is 0 Å². The monoisotopic (exact) mass is 317 g/mol. The van der Waals surface area contributed by atoms with Crippen LogP contribution in [-0.4, -0.2) is 23.4 Å². The first kappa shape index (κ1) is 14.7. The van der Waals surface area contributed by atoms with Crippen molar-refractivity contribution in [2.75, 3.05) is 13.1 Å². The van der Waals surface area contributed by atoms with E-state index in [9.17, 15) is 18.0 Å². The Morgan fingerprint density at radius 3 is 2.24 bits per heavy atom. The van der Waals surface area contributed by atoms with Crippen LogP contribution in [0.2, 0.25) is 0 Å². The molecule has 1 amide bonds. The van der Waals surface area contributed by atoms with Crippen LogP contribution < -0.4 is 0 Å². The number of fused-ring (bicyclic) bond motifs is 1. The molecule has 1 aromatic carbocycles. The maximum atomic E-state index is 13.1. The van der Waals surface area contributed by atoms with Crippen LogP contribution in [0.25, 0.3) is 0 Å². The Balaban J connectivity index is 1.79. The van der Waals surface area contributed by atoms with Crippen LogP contribution in [0, 0.1) is 11.8 Å². The third-order valence-electron chi connectivity index (χ3n) is 4.71. The highest BCUT2D eigenvalue weighted by molar-refractivity contribution is 6.62. The van der Waals surface area contributed by atoms with Gasteiger partial charge >= 0.3 is 11.5 Å². The molecule has 0 bridgehead atoms. The Morgan fingerprint density at radius 1 is 1.14 bits per heavy atom. The predicted molar refractivity (Wildman–Crippen MR) is 73.2 cm³/mol. The molecule has 1 aliphatic heterocycles. The largest absolute Gasteiger partial charge is 0.416 e. The van der Waals surface area contributed by atoms with E-state index < -0.39 is 17.1 Å². The lowest BCUT2D eigenvalue weighted by molar-refractivity contribution is -0.138. The lowest BCUT2D eigenvalue weighted by atomic mass is 9.91. The zero-order valence-electron chi connectivity index (χ0n) is 11.2. The summed E-state index contributed by atoms with van der Waals surface area (Å²) in [6.45, 7) is 1.13. The van der Waals surface area contributed by atoms with Crippen LogP contribution in [-0.2, 0) is 6.18 Å². The van der Waals surface area contributed by atoms with Gasteiger partial charge in [0.1, 0.15) is 0 Å². The lowest BCUT2D eigenvalue weighted by Gasteiger charge is -2.20. The minimum absolute atomic E-state index is 0.0783. The molecule has 0 N–H and O–H groups in total. The Bertz CT molecular complexity index is 546. The van der Waals surface area contributed by atoms with E-state index in [4.69, 9.17) is 11.6 Å². The molecular weight excluding hydrogens is 303 g/mol. The van der Waals surface area contributed by atoms with Gasteiger partial charge in [0.2, 0.25) is 0 Å². The second kappa shape index (κ2) is 5.20. The molecule has 3 rings (SSSR count). The fourth-order valence-electron chi connectivity index (χ4n) is 3.81. The van der Waals surface area contributed by atoms with Gasteiger partial charge in [0, 0.05) is 13.1 Å². The zero-order chi connectivity index (χ0) is 15.2. The Hall–Kier alpha value is -1.23. The van der Waals surface area contributed by atoms with Gasteiger partial charge in [-0.2, -0.15) is 13.2 Å². The maximum Gasteiger partial charge on any atom is 0.416 e. The van der Waals surface area contributed by atoms with Crippen molar-refractivity contribution in [3.8, 4) is 0 Å². The van der Waals surface area contributed by atoms with Gasteiger partial charge in [0.05, 0.1) is 5.56 Å². The van der Waals surface area contributed by atoms with Crippen molar-refractivity contribution < 1.29 is 18.0 Å². The molecule has 3 atom stereocenters. The first-order chi connectivity index (χ1) is 9.86. The lowest BCUT2D eigenvalue weighted by Crippen LogP contribution is -2.24. The number of carbonyl (C=O) groups is 1. The van der Waals surface area contributed by atoms with Crippen molar-refractivity contribution >= 4 is 17.0 Å². The van der Waals surface area contributed by atoms with E-state index in [0.717, 1.165) is 6.07 Å². The van der Waals surface area contributed by atoms with Crippen LogP contribution >= 0.6 is 11.6 Å². The maximum absolute atomic E-state index is 13.1. The fourth-order valence-corrected chi connectivity index (χ4v) is 3.95. The molecule has 1 saturated heterocycles. The molecule has 1 heterocycles. The number of hydrogen-bond acceptors (Lipinski definition) is 1. The Labute approximate surface area is 125 Å². The van der Waals surface area contributed by atoms with Gasteiger partial charge in [-0.3, -0.25) is 4.79 Å². The highest BCUT2D eigenvalue weighted by atomic mass is 35.5. The third-order valence-corrected chi connectivity index (χ3v) is 4.94. The van der Waals surface area contributed by atoms with E-state index in [0.29, 0.717) is 31.5 Å². The van der Waals surface area contributed by atoms with Gasteiger partial charge < -0.3 is 4.90 Å². The fraction of sp³-hybridized carbons (Fsp3) is 0.533. The number of nitrogens with zero attached hydrogens (tertiary/aromatic N) is 1. The zero-order valence-corrected chi connectivity index (χ0v) is 12.0. The molecule has 1 aromatic rings. The molecule has 2 fully saturated rings. The SMILES string of the molecule is O=C(Cl)N1C[C@H]2CC(c3ccccc3C(F)(F)F)C[C@H]2C1. The van der Waals surface area contributed by atoms with Crippen molar-refractivity contribution in [1.29, 1.82) is 0 Å². The van der Waals surface area contributed by atoms with Crippen molar-refractivity contribution in [2.45, 2.75) is 24.9 Å². The topological polar surface area (TPSA) is 20.3 Å². The highest BCUT2D eigenvalue weighted by Gasteiger charge is 2.44. The summed E-state index contributed by atoms with van der Waals surface area (Å²) < 4.78 is 39.3. The van der Waals surface area contributed by atoms with Gasteiger partial charge in [0.25, 0.3) is 0 Å². The van der Waals surface area contributed by atoms with Crippen LogP contribution in [0.1, 0.15) is 29.9 Å². The molecule has 1 saturated carbocycles. The molecule has 6 heteroatoms. The second-order valence-corrected chi connectivity index (χ2v) is 6.25. The first-order valence-corrected chi connectivity index (χ1v) is 7.34. The average Bonchev–Trinajstić information content (AvgIpc) is 2.95. The number of carbonyl (C=O) groups excluding carboxylic acids is 1. The second-order valence-electron chi connectivity index (χ2n) is 5.93. The summed E-state index contributed by atoms with van der Waals surface area (Å²) in [4.78, 5) is 12.7. The summed E-state index contributed by atoms with van der Waals surface area (Å²) in [5.41, 5.74) is -0.136. The van der Waals surface area contributed by atoms with Crippen LogP contribution in [0.5, 0.6) is 0 Å². The number of amides is 1. The average molecular weight is 318 g/mol. The number of alkyl halides is 3. The van der Waals surface area contributed by atoms with Crippen molar-refractivity contribution in [2.24, 2.45) is 11.8 Å². The first-order valence-electron chi connectivity index (χ1n) is 6.96. The number of rotatable bonds is 1. The van der Waals surface area contributed by atoms with E-state index in [1.165, 1.54) is 6.07 Å². The van der Waals surface area contributed by atoms with Gasteiger partial charge in [-0.1, -0.05) is 18.2 Å². The number of halogens is 4. The molecule has 0 aromatic heterocycles. The van der Waals surface area contributed by atoms with Crippen LogP contribution in [0.3, 0.4) is 0 Å². The van der Waals surface area contributed by atoms with E-state index in [-0.39, 0.29) is 17.8 Å². The summed E-state index contributed by atoms with van der Waals surface area (Å²) in [5.74, 6) is 0.448. The molecule has 1 aliphatic carbocycles.